The number of piperidine rings is 1. The Hall–Kier alpha value is -4.14. The van der Waals surface area contributed by atoms with Crippen LogP contribution < -0.4 is 5.32 Å². The number of benzene rings is 2. The molecule has 0 saturated carbocycles. The van der Waals surface area contributed by atoms with Crippen molar-refractivity contribution >= 4 is 34.7 Å². The molecule has 1 saturated heterocycles. The van der Waals surface area contributed by atoms with E-state index in [-0.39, 0.29) is 38.2 Å². The van der Waals surface area contributed by atoms with Crippen molar-refractivity contribution in [3.8, 4) is 0 Å². The highest BCUT2D eigenvalue weighted by Gasteiger charge is 2.38. The number of aromatic amines is 1. The number of nitrogens with zero attached hydrogens (tertiary/aromatic N) is 1. The molecule has 0 bridgehead atoms. The van der Waals surface area contributed by atoms with E-state index in [0.717, 1.165) is 26.9 Å². The number of esters is 1. The van der Waals surface area contributed by atoms with E-state index in [4.69, 9.17) is 9.47 Å². The van der Waals surface area contributed by atoms with Crippen LogP contribution in [-0.4, -0.2) is 59.4 Å². The van der Waals surface area contributed by atoms with E-state index in [2.05, 4.69) is 10.3 Å². The summed E-state index contributed by atoms with van der Waals surface area (Å²) in [5, 5.41) is 3.66. The van der Waals surface area contributed by atoms with Crippen LogP contribution in [0, 0.1) is 0 Å². The van der Waals surface area contributed by atoms with Crippen molar-refractivity contribution in [1.82, 2.24) is 15.2 Å². The second-order valence-electron chi connectivity index (χ2n) is 8.41. The van der Waals surface area contributed by atoms with Crippen LogP contribution in [0.3, 0.4) is 0 Å². The zero-order valence-corrected chi connectivity index (χ0v) is 19.4. The molecule has 2 N–H and O–H groups in total. The van der Waals surface area contributed by atoms with Crippen molar-refractivity contribution in [3.05, 3.63) is 71.9 Å². The molecule has 1 aliphatic rings. The summed E-state index contributed by atoms with van der Waals surface area (Å²) < 4.78 is 10.3. The molecule has 2 atom stereocenters. The van der Waals surface area contributed by atoms with Crippen LogP contribution in [0.2, 0.25) is 0 Å². The predicted octanol–water partition coefficient (Wildman–Crippen LogP) is 2.74. The molecule has 2 aromatic carbocycles. The monoisotopic (exact) mass is 477 g/mol. The molecule has 2 heterocycles. The smallest absolute Gasteiger partial charge is 0.411 e. The Bertz CT molecular complexity index is 1220. The van der Waals surface area contributed by atoms with Gasteiger partial charge in [0.1, 0.15) is 18.7 Å². The molecule has 1 aromatic heterocycles. The molecule has 9 nitrogen and oxygen atoms in total. The molecule has 0 aliphatic carbocycles. The molecule has 2 amide bonds. The topological polar surface area (TPSA) is 118 Å². The average Bonchev–Trinajstić information content (AvgIpc) is 3.29. The van der Waals surface area contributed by atoms with Crippen LogP contribution in [-0.2, 0) is 36.9 Å². The van der Waals surface area contributed by atoms with Gasteiger partial charge in [-0.1, -0.05) is 48.5 Å². The van der Waals surface area contributed by atoms with Gasteiger partial charge in [0.05, 0.1) is 13.7 Å². The van der Waals surface area contributed by atoms with E-state index < -0.39 is 30.1 Å². The minimum Gasteiger partial charge on any atom is -0.467 e. The van der Waals surface area contributed by atoms with E-state index in [9.17, 15) is 19.2 Å². The number of methoxy groups -OCH3 is 1. The number of nitrogens with one attached hydrogen (secondary N) is 2. The van der Waals surface area contributed by atoms with Crippen molar-refractivity contribution in [2.24, 2.45) is 0 Å². The Morgan fingerprint density at radius 2 is 1.86 bits per heavy atom. The highest BCUT2D eigenvalue weighted by Crippen LogP contribution is 2.21. The summed E-state index contributed by atoms with van der Waals surface area (Å²) in [5.74, 6) is -1.30. The third-order valence-corrected chi connectivity index (χ3v) is 6.06. The van der Waals surface area contributed by atoms with E-state index in [1.165, 1.54) is 7.11 Å². The molecular formula is C26H27N3O6. The van der Waals surface area contributed by atoms with Crippen LogP contribution in [0.15, 0.2) is 60.8 Å². The molecular weight excluding hydrogens is 450 g/mol. The number of Topliss-reactive ketones (excluding diaryl/α,β-unsaturated/α-hetero) is 1. The molecule has 3 aromatic rings. The van der Waals surface area contributed by atoms with Gasteiger partial charge in [-0.05, 0) is 23.6 Å². The zero-order valence-electron chi connectivity index (χ0n) is 19.4. The van der Waals surface area contributed by atoms with Crippen LogP contribution in [0.25, 0.3) is 10.9 Å². The summed E-state index contributed by atoms with van der Waals surface area (Å²) >= 11 is 0. The fourth-order valence-corrected chi connectivity index (χ4v) is 4.22. The van der Waals surface area contributed by atoms with Crippen molar-refractivity contribution in [2.75, 3.05) is 13.7 Å². The number of likely N-dealkylation sites (tertiary alicyclic amines) is 1. The van der Waals surface area contributed by atoms with E-state index in [1.807, 2.05) is 54.6 Å². The fourth-order valence-electron chi connectivity index (χ4n) is 4.22. The summed E-state index contributed by atoms with van der Waals surface area (Å²) in [6.07, 6.45) is 1.54. The molecule has 1 fully saturated rings. The fraction of sp³-hybridized carbons (Fsp3) is 0.308. The summed E-state index contributed by atoms with van der Waals surface area (Å²) in [4.78, 5) is 54.9. The molecule has 0 spiro atoms. The number of carbonyl (C=O) groups excluding carboxylic acids is 4. The maximum absolute atomic E-state index is 13.2. The maximum atomic E-state index is 13.2. The number of carbonyl (C=O) groups is 4. The van der Waals surface area contributed by atoms with Gasteiger partial charge in [-0.2, -0.15) is 0 Å². The Labute approximate surface area is 202 Å². The summed E-state index contributed by atoms with van der Waals surface area (Å²) in [6, 6.07) is 14.9. The lowest BCUT2D eigenvalue weighted by molar-refractivity contribution is -0.146. The quantitative estimate of drug-likeness (QED) is 0.506. The average molecular weight is 478 g/mol. The Kier molecular flexibility index (Phi) is 7.45. The minimum absolute atomic E-state index is 0.0179. The van der Waals surface area contributed by atoms with Crippen molar-refractivity contribution in [3.63, 3.8) is 0 Å². The van der Waals surface area contributed by atoms with E-state index in [0.29, 0.717) is 0 Å². The first-order valence-electron chi connectivity index (χ1n) is 11.4. The lowest BCUT2D eigenvalue weighted by Gasteiger charge is -2.33. The van der Waals surface area contributed by atoms with Crippen LogP contribution in [0.4, 0.5) is 4.79 Å². The number of amides is 2. The summed E-state index contributed by atoms with van der Waals surface area (Å²) in [7, 11) is 1.25. The molecule has 1 aliphatic heterocycles. The number of rotatable bonds is 7. The lowest BCUT2D eigenvalue weighted by Crippen LogP contribution is -2.57. The lowest BCUT2D eigenvalue weighted by atomic mass is 9.99. The van der Waals surface area contributed by atoms with Crippen molar-refractivity contribution in [1.29, 1.82) is 0 Å². The van der Waals surface area contributed by atoms with Crippen LogP contribution in [0.1, 0.15) is 24.0 Å². The molecule has 1 unspecified atom stereocenters. The highest BCUT2D eigenvalue weighted by atomic mass is 16.6. The number of para-hydroxylation sites is 1. The first kappa shape index (κ1) is 24.0. The van der Waals surface area contributed by atoms with Gasteiger partial charge in [0.15, 0.2) is 5.78 Å². The minimum atomic E-state index is -0.966. The summed E-state index contributed by atoms with van der Waals surface area (Å²) in [5.41, 5.74) is 2.54. The van der Waals surface area contributed by atoms with Gasteiger partial charge in [-0.3, -0.25) is 14.5 Å². The third-order valence-electron chi connectivity index (χ3n) is 6.06. The normalized spacial score (nSPS) is 16.5. The van der Waals surface area contributed by atoms with Crippen LogP contribution in [0.5, 0.6) is 0 Å². The first-order valence-corrected chi connectivity index (χ1v) is 11.4. The number of ketones is 1. The molecule has 35 heavy (non-hydrogen) atoms. The second kappa shape index (κ2) is 10.9. The third kappa shape index (κ3) is 5.68. The number of ether oxygens (including phenoxy) is 2. The van der Waals surface area contributed by atoms with E-state index in [1.54, 1.807) is 6.20 Å². The second-order valence-corrected chi connectivity index (χ2v) is 8.41. The van der Waals surface area contributed by atoms with Gasteiger partial charge in [-0.25, -0.2) is 9.59 Å². The van der Waals surface area contributed by atoms with Crippen molar-refractivity contribution < 1.29 is 28.7 Å². The predicted molar refractivity (Wildman–Crippen MR) is 127 cm³/mol. The standard InChI is InChI=1S/C26H27N3O6/c1-34-25(32)22(13-18-14-27-21-10-6-5-9-20(18)21)28-24(31)23-12-11-19(30)15-29(23)26(33)35-16-17-7-3-2-4-8-17/h2-10,14,22-23,27H,11-13,15-16H2,1H3,(H,28,31)/t22?,23-/m0/s1. The Morgan fingerprint density at radius 1 is 1.11 bits per heavy atom. The highest BCUT2D eigenvalue weighted by molar-refractivity contribution is 5.94. The zero-order chi connectivity index (χ0) is 24.8. The van der Waals surface area contributed by atoms with Gasteiger partial charge in [0.2, 0.25) is 5.91 Å². The van der Waals surface area contributed by atoms with Crippen molar-refractivity contribution in [2.45, 2.75) is 38.0 Å². The summed E-state index contributed by atoms with van der Waals surface area (Å²) in [6.45, 7) is -0.207. The van der Waals surface area contributed by atoms with Gasteiger partial charge < -0.3 is 19.8 Å². The van der Waals surface area contributed by atoms with Crippen LogP contribution >= 0.6 is 0 Å². The number of aromatic nitrogens is 1. The molecule has 4 rings (SSSR count). The molecule has 0 radical (unpaired) electrons. The Balaban J connectivity index is 1.47. The number of H-pyrrole nitrogens is 1. The Morgan fingerprint density at radius 3 is 2.63 bits per heavy atom. The molecule has 182 valence electrons. The largest absolute Gasteiger partial charge is 0.467 e. The van der Waals surface area contributed by atoms with Gasteiger partial charge in [-0.15, -0.1) is 0 Å². The first-order chi connectivity index (χ1) is 17.0. The van der Waals surface area contributed by atoms with E-state index >= 15 is 0 Å². The number of fused-ring (bicyclic) bond motifs is 1. The van der Waals surface area contributed by atoms with Gasteiger partial charge >= 0.3 is 12.1 Å². The SMILES string of the molecule is COC(=O)C(Cc1c[nH]c2ccccc12)NC(=O)[C@@H]1CCC(=O)CN1C(=O)OCc1ccccc1. The number of hydrogen-bond donors (Lipinski definition) is 2. The molecule has 9 heteroatoms. The number of hydrogen-bond acceptors (Lipinski definition) is 6. The van der Waals surface area contributed by atoms with Gasteiger partial charge in [0, 0.05) is 29.9 Å². The maximum Gasteiger partial charge on any atom is 0.411 e. The van der Waals surface area contributed by atoms with Gasteiger partial charge in [0.25, 0.3) is 0 Å².